The first-order valence-electron chi connectivity index (χ1n) is 4.09. The van der Waals surface area contributed by atoms with Crippen molar-refractivity contribution in [3.05, 3.63) is 36.3 Å². The minimum atomic E-state index is -0.892. The van der Waals surface area contributed by atoms with E-state index in [1.807, 2.05) is 0 Å². The summed E-state index contributed by atoms with van der Waals surface area (Å²) in [4.78, 5) is 10.5. The average molecular weight is 192 g/mol. The molecule has 0 amide bonds. The first-order valence-corrected chi connectivity index (χ1v) is 4.09. The number of para-hydroxylation sites is 1. The fraction of sp³-hybridized carbons (Fsp3) is 0.100. The van der Waals surface area contributed by atoms with E-state index in [1.54, 1.807) is 18.2 Å². The highest BCUT2D eigenvalue weighted by Gasteiger charge is 2.14. The van der Waals surface area contributed by atoms with Crippen LogP contribution >= 0.6 is 0 Å². The van der Waals surface area contributed by atoms with E-state index in [-0.39, 0.29) is 6.42 Å². The van der Waals surface area contributed by atoms with E-state index in [0.717, 1.165) is 0 Å². The second kappa shape index (κ2) is 3.41. The van der Waals surface area contributed by atoms with Crippen LogP contribution in [0, 0.1) is 0 Å². The molecule has 2 rings (SSSR count). The molecule has 0 aromatic heterocycles. The van der Waals surface area contributed by atoms with Crippen LogP contribution in [0.25, 0.3) is 0 Å². The Bertz CT molecular complexity index is 395. The summed E-state index contributed by atoms with van der Waals surface area (Å²) in [6.07, 6.45) is 2.72. The number of aliphatic carboxylic acids is 1. The van der Waals surface area contributed by atoms with E-state index >= 15 is 0 Å². The van der Waals surface area contributed by atoms with Crippen molar-refractivity contribution in [2.75, 3.05) is 0 Å². The quantitative estimate of drug-likeness (QED) is 0.772. The number of hydrogen-bond acceptors (Lipinski definition) is 3. The van der Waals surface area contributed by atoms with Crippen molar-refractivity contribution in [2.24, 2.45) is 0 Å². The molecule has 1 N–H and O–H groups in total. The maximum absolute atomic E-state index is 10.5. The second-order valence-corrected chi connectivity index (χ2v) is 2.82. The molecule has 0 radical (unpaired) electrons. The molecule has 4 nitrogen and oxygen atoms in total. The lowest BCUT2D eigenvalue weighted by Gasteiger charge is -2.14. The standard InChI is InChI=1S/C10H8O4/c11-9(12)6-7-2-1-3-8-10(7)14-5-4-13-8/h1-5H,6H2,(H,11,12). The Morgan fingerprint density at radius 2 is 2.07 bits per heavy atom. The Morgan fingerprint density at radius 1 is 1.29 bits per heavy atom. The van der Waals surface area contributed by atoms with Crippen LogP contribution in [-0.4, -0.2) is 11.1 Å². The van der Waals surface area contributed by atoms with Crippen molar-refractivity contribution >= 4 is 5.97 Å². The fourth-order valence-corrected chi connectivity index (χ4v) is 1.29. The third kappa shape index (κ3) is 1.54. The van der Waals surface area contributed by atoms with E-state index in [0.29, 0.717) is 17.1 Å². The van der Waals surface area contributed by atoms with Gasteiger partial charge in [-0.15, -0.1) is 0 Å². The molecule has 0 saturated carbocycles. The Labute approximate surface area is 80.4 Å². The summed E-state index contributed by atoms with van der Waals surface area (Å²) in [6.45, 7) is 0. The number of carbonyl (C=O) groups is 1. The SMILES string of the molecule is O=C(O)Cc1cccc2c1OC=CO2. The summed E-state index contributed by atoms with van der Waals surface area (Å²) in [6, 6.07) is 5.17. The van der Waals surface area contributed by atoms with Gasteiger partial charge in [-0.2, -0.15) is 0 Å². The van der Waals surface area contributed by atoms with Gasteiger partial charge in [0.2, 0.25) is 0 Å². The van der Waals surface area contributed by atoms with Crippen molar-refractivity contribution in [3.8, 4) is 11.5 Å². The van der Waals surface area contributed by atoms with Gasteiger partial charge in [0.15, 0.2) is 11.5 Å². The maximum atomic E-state index is 10.5. The van der Waals surface area contributed by atoms with Gasteiger partial charge in [0, 0.05) is 5.56 Å². The molecular formula is C10H8O4. The van der Waals surface area contributed by atoms with E-state index in [2.05, 4.69) is 0 Å². The van der Waals surface area contributed by atoms with Crippen LogP contribution in [0.4, 0.5) is 0 Å². The summed E-state index contributed by atoms with van der Waals surface area (Å²) in [5, 5.41) is 8.65. The fourth-order valence-electron chi connectivity index (χ4n) is 1.29. The molecule has 1 aromatic rings. The largest absolute Gasteiger partial charge is 0.481 e. The van der Waals surface area contributed by atoms with Crippen molar-refractivity contribution in [2.45, 2.75) is 6.42 Å². The van der Waals surface area contributed by atoms with E-state index in [9.17, 15) is 4.79 Å². The Morgan fingerprint density at radius 3 is 2.86 bits per heavy atom. The van der Waals surface area contributed by atoms with Gasteiger partial charge in [0.1, 0.15) is 12.5 Å². The molecule has 1 heterocycles. The van der Waals surface area contributed by atoms with Crippen LogP contribution in [0.2, 0.25) is 0 Å². The zero-order valence-corrected chi connectivity index (χ0v) is 7.27. The molecule has 0 fully saturated rings. The molecular weight excluding hydrogens is 184 g/mol. The minimum absolute atomic E-state index is 0.0691. The smallest absolute Gasteiger partial charge is 0.307 e. The lowest BCUT2D eigenvalue weighted by atomic mass is 10.1. The highest BCUT2D eigenvalue weighted by atomic mass is 16.5. The van der Waals surface area contributed by atoms with Crippen molar-refractivity contribution in [1.29, 1.82) is 0 Å². The summed E-state index contributed by atoms with van der Waals surface area (Å²) in [5.41, 5.74) is 0.611. The number of rotatable bonds is 2. The predicted octanol–water partition coefficient (Wildman–Crippen LogP) is 1.56. The Hall–Kier alpha value is -1.97. The van der Waals surface area contributed by atoms with Crippen molar-refractivity contribution < 1.29 is 19.4 Å². The van der Waals surface area contributed by atoms with Crippen LogP contribution in [0.15, 0.2) is 30.7 Å². The molecule has 0 spiro atoms. The molecule has 72 valence electrons. The normalized spacial score (nSPS) is 12.6. The number of fused-ring (bicyclic) bond motifs is 1. The third-order valence-corrected chi connectivity index (χ3v) is 1.84. The molecule has 0 saturated heterocycles. The van der Waals surface area contributed by atoms with Crippen LogP contribution in [0.3, 0.4) is 0 Å². The summed E-state index contributed by atoms with van der Waals surface area (Å²) >= 11 is 0. The van der Waals surface area contributed by atoms with Gasteiger partial charge < -0.3 is 14.6 Å². The Kier molecular flexibility index (Phi) is 2.10. The van der Waals surface area contributed by atoms with Gasteiger partial charge in [0.25, 0.3) is 0 Å². The number of benzene rings is 1. The molecule has 0 bridgehead atoms. The van der Waals surface area contributed by atoms with Gasteiger partial charge in [-0.3, -0.25) is 4.79 Å². The number of ether oxygens (including phenoxy) is 2. The summed E-state index contributed by atoms with van der Waals surface area (Å²) in [5.74, 6) is 0.139. The monoisotopic (exact) mass is 192 g/mol. The molecule has 1 aliphatic rings. The molecule has 0 aliphatic carbocycles. The highest BCUT2D eigenvalue weighted by Crippen LogP contribution is 2.34. The summed E-state index contributed by atoms with van der Waals surface area (Å²) in [7, 11) is 0. The van der Waals surface area contributed by atoms with Gasteiger partial charge in [-0.05, 0) is 6.07 Å². The molecule has 0 unspecified atom stereocenters. The first-order chi connectivity index (χ1) is 6.77. The van der Waals surface area contributed by atoms with E-state index < -0.39 is 5.97 Å². The van der Waals surface area contributed by atoms with Crippen LogP contribution in [-0.2, 0) is 11.2 Å². The van der Waals surface area contributed by atoms with Gasteiger partial charge in [-0.25, -0.2) is 0 Å². The predicted molar refractivity (Wildman–Crippen MR) is 48.2 cm³/mol. The third-order valence-electron chi connectivity index (χ3n) is 1.84. The number of carboxylic acids is 1. The molecule has 1 aromatic carbocycles. The minimum Gasteiger partial charge on any atom is -0.481 e. The lowest BCUT2D eigenvalue weighted by Crippen LogP contribution is -2.05. The number of carboxylic acid groups (broad SMARTS) is 1. The zero-order valence-electron chi connectivity index (χ0n) is 7.27. The molecule has 14 heavy (non-hydrogen) atoms. The zero-order chi connectivity index (χ0) is 9.97. The van der Waals surface area contributed by atoms with E-state index in [4.69, 9.17) is 14.6 Å². The van der Waals surface area contributed by atoms with Gasteiger partial charge in [-0.1, -0.05) is 12.1 Å². The van der Waals surface area contributed by atoms with Crippen LogP contribution in [0.5, 0.6) is 11.5 Å². The molecule has 4 heteroatoms. The first kappa shape index (κ1) is 8.62. The maximum Gasteiger partial charge on any atom is 0.307 e. The lowest BCUT2D eigenvalue weighted by molar-refractivity contribution is -0.136. The van der Waals surface area contributed by atoms with E-state index in [1.165, 1.54) is 12.5 Å². The average Bonchev–Trinajstić information content (AvgIpc) is 2.18. The number of hydrogen-bond donors (Lipinski definition) is 1. The van der Waals surface area contributed by atoms with Gasteiger partial charge in [0.05, 0.1) is 6.42 Å². The molecule has 1 aliphatic heterocycles. The van der Waals surface area contributed by atoms with Crippen molar-refractivity contribution in [1.82, 2.24) is 0 Å². The Balaban J connectivity index is 2.37. The summed E-state index contributed by atoms with van der Waals surface area (Å²) < 4.78 is 10.3. The van der Waals surface area contributed by atoms with Crippen molar-refractivity contribution in [3.63, 3.8) is 0 Å². The second-order valence-electron chi connectivity index (χ2n) is 2.82. The highest BCUT2D eigenvalue weighted by molar-refractivity contribution is 5.72. The van der Waals surface area contributed by atoms with Gasteiger partial charge >= 0.3 is 5.97 Å². The molecule has 0 atom stereocenters. The van der Waals surface area contributed by atoms with Crippen LogP contribution < -0.4 is 9.47 Å². The van der Waals surface area contributed by atoms with Crippen LogP contribution in [0.1, 0.15) is 5.56 Å². The topological polar surface area (TPSA) is 55.8 Å².